The molecule has 150 valence electrons. The molecule has 0 radical (unpaired) electrons. The average Bonchev–Trinajstić information content (AvgIpc) is 2.94. The van der Waals surface area contributed by atoms with E-state index in [0.29, 0.717) is 0 Å². The van der Waals surface area contributed by atoms with Gasteiger partial charge in [-0.25, -0.2) is 4.79 Å². The number of hydrazone groups is 1. The van der Waals surface area contributed by atoms with Crippen LogP contribution in [0.2, 0.25) is 0 Å². The van der Waals surface area contributed by atoms with Crippen LogP contribution in [-0.2, 0) is 4.74 Å². The van der Waals surface area contributed by atoms with Gasteiger partial charge in [0.15, 0.2) is 0 Å². The number of hydrogen-bond donors (Lipinski definition) is 1. The van der Waals surface area contributed by atoms with Gasteiger partial charge in [-0.3, -0.25) is 0 Å². The highest BCUT2D eigenvalue weighted by atomic mass is 19.4. The van der Waals surface area contributed by atoms with Crippen LogP contribution >= 0.6 is 0 Å². The lowest BCUT2D eigenvalue weighted by Crippen LogP contribution is -2.69. The highest BCUT2D eigenvalue weighted by molar-refractivity contribution is 6.03. The molecule has 1 unspecified atom stereocenters. The third-order valence-electron chi connectivity index (χ3n) is 3.79. The number of ether oxygens (including phenoxy) is 1. The predicted molar refractivity (Wildman–Crippen MR) is 77.4 cm³/mol. The molecule has 27 heavy (non-hydrogen) atoms. The maximum absolute atomic E-state index is 14.3. The largest absolute Gasteiger partial charge is 0.460 e. The van der Waals surface area contributed by atoms with Crippen molar-refractivity contribution in [2.75, 3.05) is 6.61 Å². The first kappa shape index (κ1) is 20.9. The molecule has 5 nitrogen and oxygen atoms in total. The third kappa shape index (κ3) is 3.22. The van der Waals surface area contributed by atoms with Gasteiger partial charge in [0.05, 0.1) is 12.3 Å². The Kier molecular flexibility index (Phi) is 5.16. The standard InChI is InChI=1S/C15H13F7N2O3/c1-2-27-11(25)24-12(26,13(16,17)14(18,19)15(20,21)22)8-10(23-24)9-6-4-3-5-7-9/h3-7,26H,2,8H2,1H3. The van der Waals surface area contributed by atoms with Gasteiger partial charge < -0.3 is 9.84 Å². The van der Waals surface area contributed by atoms with E-state index in [4.69, 9.17) is 0 Å². The first-order chi connectivity index (χ1) is 12.3. The van der Waals surface area contributed by atoms with Crippen molar-refractivity contribution in [2.24, 2.45) is 5.10 Å². The summed E-state index contributed by atoms with van der Waals surface area (Å²) in [6.45, 7) is 0.806. The molecule has 0 fully saturated rings. The molecule has 2 rings (SSSR count). The van der Waals surface area contributed by atoms with E-state index in [0.717, 1.165) is 0 Å². The molecule has 1 amide bonds. The van der Waals surface area contributed by atoms with E-state index >= 15 is 0 Å². The van der Waals surface area contributed by atoms with Gasteiger partial charge in [-0.2, -0.15) is 40.8 Å². The number of carbonyl (C=O) groups excluding carboxylic acids is 1. The van der Waals surface area contributed by atoms with E-state index in [1.807, 2.05) is 0 Å². The lowest BCUT2D eigenvalue weighted by atomic mass is 9.92. The zero-order valence-corrected chi connectivity index (χ0v) is 13.6. The lowest BCUT2D eigenvalue weighted by molar-refractivity contribution is -0.401. The van der Waals surface area contributed by atoms with Crippen molar-refractivity contribution in [2.45, 2.75) is 37.1 Å². The van der Waals surface area contributed by atoms with Gasteiger partial charge in [-0.15, -0.1) is 0 Å². The molecule has 1 atom stereocenters. The Balaban J connectivity index is 2.56. The van der Waals surface area contributed by atoms with Crippen LogP contribution in [0.4, 0.5) is 35.5 Å². The van der Waals surface area contributed by atoms with Gasteiger partial charge in [0.25, 0.3) is 0 Å². The van der Waals surface area contributed by atoms with Crippen LogP contribution in [0.15, 0.2) is 35.4 Å². The zero-order chi connectivity index (χ0) is 20.7. The summed E-state index contributed by atoms with van der Waals surface area (Å²) in [6.07, 6.45) is -9.97. The molecule has 1 aliphatic rings. The molecule has 1 aromatic rings. The molecular weight excluding hydrogens is 389 g/mol. The summed E-state index contributed by atoms with van der Waals surface area (Å²) in [5.41, 5.74) is -4.76. The van der Waals surface area contributed by atoms with Crippen LogP contribution in [-0.4, -0.2) is 52.3 Å². The van der Waals surface area contributed by atoms with Crippen LogP contribution in [0.1, 0.15) is 18.9 Å². The number of halogens is 7. The minimum Gasteiger partial charge on any atom is -0.448 e. The molecule has 0 spiro atoms. The summed E-state index contributed by atoms with van der Waals surface area (Å²) in [4.78, 5) is 11.8. The van der Waals surface area contributed by atoms with Crippen molar-refractivity contribution in [3.8, 4) is 0 Å². The number of alkyl halides is 7. The molecule has 12 heteroatoms. The average molecular weight is 402 g/mol. The van der Waals surface area contributed by atoms with Crippen LogP contribution in [0, 0.1) is 0 Å². The molecule has 1 N–H and O–H groups in total. The van der Waals surface area contributed by atoms with E-state index in [-0.39, 0.29) is 5.56 Å². The minimum absolute atomic E-state index is 0.0360. The van der Waals surface area contributed by atoms with Crippen molar-refractivity contribution < 1.29 is 45.4 Å². The van der Waals surface area contributed by atoms with Crippen molar-refractivity contribution in [3.63, 3.8) is 0 Å². The molecule has 1 aromatic carbocycles. The smallest absolute Gasteiger partial charge is 0.448 e. The number of rotatable bonds is 4. The van der Waals surface area contributed by atoms with E-state index in [2.05, 4.69) is 9.84 Å². The second-order valence-corrected chi connectivity index (χ2v) is 5.56. The Labute approximate surface area is 148 Å². The van der Waals surface area contributed by atoms with Crippen LogP contribution in [0.3, 0.4) is 0 Å². The first-order valence-corrected chi connectivity index (χ1v) is 7.44. The Hall–Kier alpha value is -2.37. The Morgan fingerprint density at radius 3 is 2.22 bits per heavy atom. The number of amides is 1. The summed E-state index contributed by atoms with van der Waals surface area (Å²) in [6, 6.07) is 6.90. The summed E-state index contributed by atoms with van der Waals surface area (Å²) < 4.78 is 97.5. The summed E-state index contributed by atoms with van der Waals surface area (Å²) in [7, 11) is 0. The number of hydrogen-bond acceptors (Lipinski definition) is 4. The van der Waals surface area contributed by atoms with Crippen LogP contribution < -0.4 is 0 Å². The highest BCUT2D eigenvalue weighted by Gasteiger charge is 2.82. The third-order valence-corrected chi connectivity index (χ3v) is 3.79. The van der Waals surface area contributed by atoms with Crippen LogP contribution in [0.25, 0.3) is 0 Å². The molecule has 1 aliphatic heterocycles. The summed E-state index contributed by atoms with van der Waals surface area (Å²) >= 11 is 0. The van der Waals surface area contributed by atoms with Gasteiger partial charge in [-0.1, -0.05) is 30.3 Å². The van der Waals surface area contributed by atoms with Gasteiger partial charge in [0.2, 0.25) is 5.72 Å². The van der Waals surface area contributed by atoms with Crippen molar-refractivity contribution in [3.05, 3.63) is 35.9 Å². The number of nitrogens with zero attached hydrogens (tertiary/aromatic N) is 2. The lowest BCUT2D eigenvalue weighted by Gasteiger charge is -2.40. The molecule has 0 bridgehead atoms. The van der Waals surface area contributed by atoms with Gasteiger partial charge in [-0.05, 0) is 12.5 Å². The summed E-state index contributed by atoms with van der Waals surface area (Å²) in [5.74, 6) is -12.8. The van der Waals surface area contributed by atoms with Gasteiger partial charge in [0.1, 0.15) is 0 Å². The fraction of sp³-hybridized carbons (Fsp3) is 0.467. The molecule has 0 saturated heterocycles. The minimum atomic E-state index is -6.69. The fourth-order valence-corrected chi connectivity index (χ4v) is 2.39. The first-order valence-electron chi connectivity index (χ1n) is 7.44. The molecule has 0 aromatic heterocycles. The fourth-order valence-electron chi connectivity index (χ4n) is 2.39. The second-order valence-electron chi connectivity index (χ2n) is 5.56. The van der Waals surface area contributed by atoms with Gasteiger partial charge in [0, 0.05) is 6.42 Å². The number of aliphatic hydroxyl groups is 1. The Morgan fingerprint density at radius 2 is 1.74 bits per heavy atom. The Morgan fingerprint density at radius 1 is 1.19 bits per heavy atom. The predicted octanol–water partition coefficient (Wildman–Crippen LogP) is 3.77. The molecule has 0 aliphatic carbocycles. The van der Waals surface area contributed by atoms with Gasteiger partial charge >= 0.3 is 24.1 Å². The monoisotopic (exact) mass is 402 g/mol. The molecule has 1 heterocycles. The van der Waals surface area contributed by atoms with E-state index in [1.54, 1.807) is 0 Å². The topological polar surface area (TPSA) is 62.1 Å². The maximum atomic E-state index is 14.3. The van der Waals surface area contributed by atoms with Crippen molar-refractivity contribution in [1.29, 1.82) is 0 Å². The normalized spacial score (nSPS) is 21.2. The van der Waals surface area contributed by atoms with Crippen molar-refractivity contribution >= 4 is 11.8 Å². The quantitative estimate of drug-likeness (QED) is 0.780. The molecular formula is C15H13F7N2O3. The zero-order valence-electron chi connectivity index (χ0n) is 13.6. The summed E-state index contributed by atoms with van der Waals surface area (Å²) in [5, 5.41) is 13.0. The Bertz CT molecular complexity index is 737. The second kappa shape index (κ2) is 6.66. The SMILES string of the molecule is CCOC(=O)N1N=C(c2ccccc2)CC1(O)C(F)(F)C(F)(F)C(F)(F)F. The van der Waals surface area contributed by atoms with E-state index in [1.165, 1.54) is 37.3 Å². The number of carbonyl (C=O) groups is 1. The van der Waals surface area contributed by atoms with E-state index < -0.39 is 53.6 Å². The maximum Gasteiger partial charge on any atom is 0.460 e. The highest BCUT2D eigenvalue weighted by Crippen LogP contribution is 2.54. The molecule has 0 saturated carbocycles. The number of benzene rings is 1. The van der Waals surface area contributed by atoms with E-state index in [9.17, 15) is 40.6 Å². The van der Waals surface area contributed by atoms with Crippen LogP contribution in [0.5, 0.6) is 0 Å². The van der Waals surface area contributed by atoms with Crippen molar-refractivity contribution in [1.82, 2.24) is 5.01 Å².